The molecule has 2 saturated heterocycles. The molecule has 3 aromatic rings. The molecule has 1 aromatic carbocycles. The van der Waals surface area contributed by atoms with Gasteiger partial charge in [-0.25, -0.2) is 0 Å². The summed E-state index contributed by atoms with van der Waals surface area (Å²) in [4.78, 5) is 9.54. The fourth-order valence-corrected chi connectivity index (χ4v) is 5.53. The van der Waals surface area contributed by atoms with Gasteiger partial charge in [-0.3, -0.25) is 9.88 Å². The molecule has 5 rings (SSSR count). The Morgan fingerprint density at radius 2 is 1.79 bits per heavy atom. The number of aryl methyl sites for hydroxylation is 1. The fraction of sp³-hybridized carbons (Fsp3) is 0.407. The second-order valence-electron chi connectivity index (χ2n) is 9.17. The van der Waals surface area contributed by atoms with Crippen LogP contribution in [-0.2, 0) is 11.3 Å². The standard InChI is InChI=1S/C27H33N5OS/c1-20-18-23(21(2)32(20)19-22-8-4-3-5-9-22)26-25(24-10-6-7-11-28-24)29-27(34)31(26)13-12-30-14-16-33-17-15-30/h3-11,18,25-26H,12-17,19H2,1-2H3,(H,29,34). The summed E-state index contributed by atoms with van der Waals surface area (Å²) in [5.41, 5.74) is 6.20. The maximum atomic E-state index is 5.89. The first-order valence-corrected chi connectivity index (χ1v) is 12.5. The molecule has 0 saturated carbocycles. The number of benzene rings is 1. The lowest BCUT2D eigenvalue weighted by Gasteiger charge is -2.32. The summed E-state index contributed by atoms with van der Waals surface area (Å²) in [6, 6.07) is 19.2. The molecular formula is C27H33N5OS. The van der Waals surface area contributed by atoms with Gasteiger partial charge in [0.1, 0.15) is 0 Å². The van der Waals surface area contributed by atoms with Crippen LogP contribution in [0.15, 0.2) is 60.8 Å². The molecule has 4 heterocycles. The Bertz CT molecular complexity index is 1110. The van der Waals surface area contributed by atoms with Crippen molar-refractivity contribution in [3.8, 4) is 0 Å². The minimum atomic E-state index is 0.0177. The molecule has 2 fully saturated rings. The Hall–Kier alpha value is -2.74. The second kappa shape index (κ2) is 10.3. The van der Waals surface area contributed by atoms with Crippen LogP contribution in [0.25, 0.3) is 0 Å². The number of aromatic nitrogens is 2. The predicted molar refractivity (Wildman–Crippen MR) is 139 cm³/mol. The molecule has 34 heavy (non-hydrogen) atoms. The van der Waals surface area contributed by atoms with E-state index in [0.717, 1.165) is 56.7 Å². The molecule has 0 spiro atoms. The van der Waals surface area contributed by atoms with Crippen LogP contribution in [0.2, 0.25) is 0 Å². The van der Waals surface area contributed by atoms with Gasteiger partial charge in [0.25, 0.3) is 0 Å². The van der Waals surface area contributed by atoms with Gasteiger partial charge < -0.3 is 19.5 Å². The average Bonchev–Trinajstić information content (AvgIpc) is 3.35. The molecule has 2 aliphatic heterocycles. The first-order chi connectivity index (χ1) is 16.6. The molecule has 2 aliphatic rings. The van der Waals surface area contributed by atoms with Crippen LogP contribution in [0.5, 0.6) is 0 Å². The van der Waals surface area contributed by atoms with Gasteiger partial charge in [0, 0.05) is 50.3 Å². The molecule has 2 aromatic heterocycles. The number of pyridine rings is 1. The van der Waals surface area contributed by atoms with Gasteiger partial charge in [-0.05, 0) is 55.4 Å². The van der Waals surface area contributed by atoms with Crippen molar-refractivity contribution in [2.45, 2.75) is 32.5 Å². The molecule has 2 unspecified atom stereocenters. The highest BCUT2D eigenvalue weighted by Crippen LogP contribution is 2.40. The Morgan fingerprint density at radius 1 is 1.03 bits per heavy atom. The Balaban J connectivity index is 1.47. The Morgan fingerprint density at radius 3 is 2.53 bits per heavy atom. The van der Waals surface area contributed by atoms with Gasteiger partial charge in [0.2, 0.25) is 0 Å². The lowest BCUT2D eigenvalue weighted by molar-refractivity contribution is 0.0350. The Labute approximate surface area is 207 Å². The van der Waals surface area contributed by atoms with E-state index in [1.807, 2.05) is 12.3 Å². The molecule has 0 amide bonds. The second-order valence-corrected chi connectivity index (χ2v) is 9.56. The van der Waals surface area contributed by atoms with Crippen LogP contribution >= 0.6 is 12.2 Å². The van der Waals surface area contributed by atoms with Crippen LogP contribution in [0.3, 0.4) is 0 Å². The van der Waals surface area contributed by atoms with E-state index in [1.165, 1.54) is 22.5 Å². The highest BCUT2D eigenvalue weighted by atomic mass is 32.1. The molecule has 2 atom stereocenters. The molecule has 0 radical (unpaired) electrons. The molecule has 0 bridgehead atoms. The van der Waals surface area contributed by atoms with Gasteiger partial charge in [-0.15, -0.1) is 0 Å². The number of hydrogen-bond donors (Lipinski definition) is 1. The van der Waals surface area contributed by atoms with Gasteiger partial charge >= 0.3 is 0 Å². The van der Waals surface area contributed by atoms with E-state index in [4.69, 9.17) is 21.9 Å². The zero-order valence-electron chi connectivity index (χ0n) is 20.0. The van der Waals surface area contributed by atoms with E-state index >= 15 is 0 Å². The Kier molecular flexibility index (Phi) is 6.94. The van der Waals surface area contributed by atoms with Crippen LogP contribution < -0.4 is 5.32 Å². The van der Waals surface area contributed by atoms with Crippen molar-refractivity contribution in [3.05, 3.63) is 89.0 Å². The van der Waals surface area contributed by atoms with Crippen molar-refractivity contribution in [1.82, 2.24) is 24.7 Å². The summed E-state index contributed by atoms with van der Waals surface area (Å²) in [5, 5.41) is 4.41. The minimum absolute atomic E-state index is 0.0177. The number of hydrogen-bond acceptors (Lipinski definition) is 4. The third-order valence-corrected chi connectivity index (χ3v) is 7.43. The summed E-state index contributed by atoms with van der Waals surface area (Å²) in [5.74, 6) is 0. The minimum Gasteiger partial charge on any atom is -0.379 e. The monoisotopic (exact) mass is 475 g/mol. The van der Waals surface area contributed by atoms with Gasteiger partial charge in [0.15, 0.2) is 5.11 Å². The number of morpholine rings is 1. The van der Waals surface area contributed by atoms with Gasteiger partial charge in [-0.1, -0.05) is 36.4 Å². The molecule has 7 heteroatoms. The van der Waals surface area contributed by atoms with Crippen molar-refractivity contribution >= 4 is 17.3 Å². The first-order valence-electron chi connectivity index (χ1n) is 12.1. The highest BCUT2D eigenvalue weighted by Gasteiger charge is 2.41. The zero-order chi connectivity index (χ0) is 23.5. The van der Waals surface area contributed by atoms with Gasteiger partial charge in [-0.2, -0.15) is 0 Å². The van der Waals surface area contributed by atoms with Crippen molar-refractivity contribution < 1.29 is 4.74 Å². The number of ether oxygens (including phenoxy) is 1. The van der Waals surface area contributed by atoms with Gasteiger partial charge in [0.05, 0.1) is 31.0 Å². The van der Waals surface area contributed by atoms with Crippen molar-refractivity contribution in [3.63, 3.8) is 0 Å². The molecule has 0 aliphatic carbocycles. The summed E-state index contributed by atoms with van der Waals surface area (Å²) >= 11 is 5.89. The lowest BCUT2D eigenvalue weighted by atomic mass is 9.96. The first kappa shape index (κ1) is 23.0. The van der Waals surface area contributed by atoms with Crippen molar-refractivity contribution in [1.29, 1.82) is 0 Å². The summed E-state index contributed by atoms with van der Waals surface area (Å²) in [7, 11) is 0. The van der Waals surface area contributed by atoms with E-state index in [-0.39, 0.29) is 12.1 Å². The van der Waals surface area contributed by atoms with E-state index in [9.17, 15) is 0 Å². The molecular weight excluding hydrogens is 442 g/mol. The number of thiocarbonyl (C=S) groups is 1. The van der Waals surface area contributed by atoms with E-state index in [1.54, 1.807) is 0 Å². The molecule has 6 nitrogen and oxygen atoms in total. The third kappa shape index (κ3) is 4.73. The quantitative estimate of drug-likeness (QED) is 0.524. The van der Waals surface area contributed by atoms with E-state index in [2.05, 4.69) is 82.1 Å². The number of nitrogens with one attached hydrogen (secondary N) is 1. The summed E-state index contributed by atoms with van der Waals surface area (Å²) < 4.78 is 7.95. The number of rotatable bonds is 7. The number of nitrogens with zero attached hydrogens (tertiary/aromatic N) is 4. The maximum Gasteiger partial charge on any atom is 0.170 e. The topological polar surface area (TPSA) is 45.6 Å². The van der Waals surface area contributed by atoms with Crippen LogP contribution in [0.4, 0.5) is 0 Å². The van der Waals surface area contributed by atoms with E-state index in [0.29, 0.717) is 0 Å². The molecule has 178 valence electrons. The SMILES string of the molecule is Cc1cc(C2C(c3ccccn3)NC(=S)N2CCN2CCOCC2)c(C)n1Cc1ccccc1. The summed E-state index contributed by atoms with van der Waals surface area (Å²) in [6.45, 7) is 10.7. The van der Waals surface area contributed by atoms with Crippen molar-refractivity contribution in [2.24, 2.45) is 0 Å². The predicted octanol–water partition coefficient (Wildman–Crippen LogP) is 3.85. The van der Waals surface area contributed by atoms with Crippen LogP contribution in [-0.4, -0.2) is 63.9 Å². The average molecular weight is 476 g/mol. The molecule has 1 N–H and O–H groups in total. The normalized spacial score (nSPS) is 21.1. The zero-order valence-corrected chi connectivity index (χ0v) is 20.8. The summed E-state index contributed by atoms with van der Waals surface area (Å²) in [6.07, 6.45) is 1.87. The lowest BCUT2D eigenvalue weighted by Crippen LogP contribution is -2.42. The largest absolute Gasteiger partial charge is 0.379 e. The van der Waals surface area contributed by atoms with Crippen LogP contribution in [0.1, 0.15) is 40.3 Å². The van der Waals surface area contributed by atoms with E-state index < -0.39 is 0 Å². The third-order valence-electron chi connectivity index (χ3n) is 7.07. The highest BCUT2D eigenvalue weighted by molar-refractivity contribution is 7.80. The fourth-order valence-electron chi connectivity index (χ4n) is 5.20. The maximum absolute atomic E-state index is 5.89. The van der Waals surface area contributed by atoms with Crippen molar-refractivity contribution in [2.75, 3.05) is 39.4 Å². The van der Waals surface area contributed by atoms with Crippen LogP contribution in [0, 0.1) is 13.8 Å². The smallest absolute Gasteiger partial charge is 0.170 e.